The SMILES string of the molecule is CC(C#N)S(=O)(=O)NC1CCCCC1N. The maximum absolute atomic E-state index is 11.6. The first-order chi connectivity index (χ1) is 6.97. The zero-order valence-electron chi connectivity index (χ0n) is 8.81. The number of hydrogen-bond donors (Lipinski definition) is 2. The first kappa shape index (κ1) is 12.4. The maximum Gasteiger partial charge on any atom is 0.227 e. The van der Waals surface area contributed by atoms with Crippen molar-refractivity contribution in [2.24, 2.45) is 5.73 Å². The molecule has 0 aromatic heterocycles. The molecule has 1 aliphatic rings. The minimum Gasteiger partial charge on any atom is -0.326 e. The number of nitrogens with two attached hydrogens (primary N) is 1. The second kappa shape index (κ2) is 4.92. The summed E-state index contributed by atoms with van der Waals surface area (Å²) in [6.07, 6.45) is 3.64. The van der Waals surface area contributed by atoms with E-state index in [2.05, 4.69) is 4.72 Å². The number of sulfonamides is 1. The van der Waals surface area contributed by atoms with Crippen LogP contribution in [0.5, 0.6) is 0 Å². The fourth-order valence-corrected chi connectivity index (χ4v) is 2.75. The lowest BCUT2D eigenvalue weighted by Gasteiger charge is -2.29. The van der Waals surface area contributed by atoms with Crippen LogP contribution in [0, 0.1) is 11.3 Å². The van der Waals surface area contributed by atoms with Crippen LogP contribution < -0.4 is 10.5 Å². The Morgan fingerprint density at radius 2 is 2.07 bits per heavy atom. The van der Waals surface area contributed by atoms with Crippen LogP contribution in [-0.2, 0) is 10.0 Å². The minimum atomic E-state index is -3.53. The third-order valence-corrected chi connectivity index (χ3v) is 4.45. The molecule has 3 N–H and O–H groups in total. The van der Waals surface area contributed by atoms with Gasteiger partial charge in [-0.25, -0.2) is 13.1 Å². The average Bonchev–Trinajstić information content (AvgIpc) is 2.20. The van der Waals surface area contributed by atoms with Gasteiger partial charge < -0.3 is 5.73 Å². The van der Waals surface area contributed by atoms with Crippen molar-refractivity contribution >= 4 is 10.0 Å². The minimum absolute atomic E-state index is 0.126. The highest BCUT2D eigenvalue weighted by atomic mass is 32.2. The first-order valence-electron chi connectivity index (χ1n) is 5.13. The predicted octanol–water partition coefficient (Wildman–Crippen LogP) is 0.0878. The van der Waals surface area contributed by atoms with E-state index < -0.39 is 15.3 Å². The van der Waals surface area contributed by atoms with E-state index in [-0.39, 0.29) is 12.1 Å². The molecule has 3 unspecified atom stereocenters. The molecule has 6 heteroatoms. The zero-order chi connectivity index (χ0) is 11.5. The molecule has 15 heavy (non-hydrogen) atoms. The normalized spacial score (nSPS) is 29.4. The van der Waals surface area contributed by atoms with E-state index in [9.17, 15) is 8.42 Å². The summed E-state index contributed by atoms with van der Waals surface area (Å²) in [7, 11) is -3.53. The van der Waals surface area contributed by atoms with Crippen LogP contribution in [-0.4, -0.2) is 25.8 Å². The Kier molecular flexibility index (Phi) is 4.08. The van der Waals surface area contributed by atoms with Gasteiger partial charge in [0.25, 0.3) is 0 Å². The Morgan fingerprint density at radius 3 is 2.60 bits per heavy atom. The highest BCUT2D eigenvalue weighted by Gasteiger charge is 2.29. The lowest BCUT2D eigenvalue weighted by molar-refractivity contribution is 0.360. The molecule has 0 saturated heterocycles. The second-order valence-electron chi connectivity index (χ2n) is 3.99. The van der Waals surface area contributed by atoms with Crippen LogP contribution >= 0.6 is 0 Å². The van der Waals surface area contributed by atoms with Gasteiger partial charge in [0.2, 0.25) is 10.0 Å². The molecule has 0 heterocycles. The van der Waals surface area contributed by atoms with Gasteiger partial charge in [0.1, 0.15) is 0 Å². The summed E-state index contributed by atoms with van der Waals surface area (Å²) >= 11 is 0. The molecular formula is C9H17N3O2S. The van der Waals surface area contributed by atoms with Crippen molar-refractivity contribution in [3.05, 3.63) is 0 Å². The van der Waals surface area contributed by atoms with Gasteiger partial charge in [-0.3, -0.25) is 0 Å². The Balaban J connectivity index is 2.65. The van der Waals surface area contributed by atoms with E-state index in [4.69, 9.17) is 11.0 Å². The number of nitrogens with one attached hydrogen (secondary N) is 1. The molecule has 0 aromatic carbocycles. The quantitative estimate of drug-likeness (QED) is 0.719. The third kappa shape index (κ3) is 3.16. The highest BCUT2D eigenvalue weighted by molar-refractivity contribution is 7.90. The molecule has 1 aliphatic carbocycles. The van der Waals surface area contributed by atoms with E-state index >= 15 is 0 Å². The summed E-state index contributed by atoms with van der Waals surface area (Å²) in [6, 6.07) is 1.38. The molecule has 5 nitrogen and oxygen atoms in total. The van der Waals surface area contributed by atoms with Gasteiger partial charge in [-0.05, 0) is 19.8 Å². The van der Waals surface area contributed by atoms with Crippen molar-refractivity contribution < 1.29 is 8.42 Å². The van der Waals surface area contributed by atoms with E-state index in [1.54, 1.807) is 6.07 Å². The van der Waals surface area contributed by atoms with Crippen molar-refractivity contribution in [2.75, 3.05) is 0 Å². The van der Waals surface area contributed by atoms with Crippen LogP contribution in [0.25, 0.3) is 0 Å². The molecule has 0 bridgehead atoms. The van der Waals surface area contributed by atoms with Crippen LogP contribution in [0.2, 0.25) is 0 Å². The number of nitrogens with zero attached hydrogens (tertiary/aromatic N) is 1. The van der Waals surface area contributed by atoms with Crippen LogP contribution in [0.4, 0.5) is 0 Å². The highest BCUT2D eigenvalue weighted by Crippen LogP contribution is 2.18. The van der Waals surface area contributed by atoms with Crippen LogP contribution in [0.1, 0.15) is 32.6 Å². The Bertz CT molecular complexity index is 347. The third-order valence-electron chi connectivity index (χ3n) is 2.78. The molecule has 0 amide bonds. The zero-order valence-corrected chi connectivity index (χ0v) is 9.63. The van der Waals surface area contributed by atoms with Gasteiger partial charge >= 0.3 is 0 Å². The largest absolute Gasteiger partial charge is 0.326 e. The molecule has 0 aliphatic heterocycles. The van der Waals surface area contributed by atoms with Gasteiger partial charge in [0, 0.05) is 12.1 Å². The monoisotopic (exact) mass is 231 g/mol. The summed E-state index contributed by atoms with van der Waals surface area (Å²) in [5.41, 5.74) is 5.82. The van der Waals surface area contributed by atoms with Gasteiger partial charge in [-0.1, -0.05) is 12.8 Å². The summed E-state index contributed by atoms with van der Waals surface area (Å²) in [5, 5.41) is 7.54. The van der Waals surface area contributed by atoms with Crippen molar-refractivity contribution in [3.63, 3.8) is 0 Å². The standard InChI is InChI=1S/C9H17N3O2S/c1-7(6-10)15(13,14)12-9-5-3-2-4-8(9)11/h7-9,12H,2-5,11H2,1H3. The Morgan fingerprint density at radius 1 is 1.47 bits per heavy atom. The molecule has 0 spiro atoms. The van der Waals surface area contributed by atoms with Crippen LogP contribution in [0.15, 0.2) is 0 Å². The predicted molar refractivity (Wildman–Crippen MR) is 57.4 cm³/mol. The van der Waals surface area contributed by atoms with E-state index in [1.165, 1.54) is 6.92 Å². The summed E-state index contributed by atoms with van der Waals surface area (Å²) in [4.78, 5) is 0. The summed E-state index contributed by atoms with van der Waals surface area (Å²) in [5.74, 6) is 0. The molecule has 86 valence electrons. The van der Waals surface area contributed by atoms with E-state index in [0.717, 1.165) is 25.7 Å². The van der Waals surface area contributed by atoms with Gasteiger partial charge in [0.15, 0.2) is 5.25 Å². The summed E-state index contributed by atoms with van der Waals surface area (Å²) in [6.45, 7) is 1.37. The molecule has 0 aromatic rings. The van der Waals surface area contributed by atoms with Gasteiger partial charge in [-0.2, -0.15) is 5.26 Å². The van der Waals surface area contributed by atoms with Crippen molar-refractivity contribution in [2.45, 2.75) is 49.9 Å². The lowest BCUT2D eigenvalue weighted by Crippen LogP contribution is -2.50. The molecule has 3 atom stereocenters. The maximum atomic E-state index is 11.6. The topological polar surface area (TPSA) is 96.0 Å². The average molecular weight is 231 g/mol. The molecular weight excluding hydrogens is 214 g/mol. The molecule has 1 rings (SSSR count). The summed E-state index contributed by atoms with van der Waals surface area (Å²) < 4.78 is 25.7. The fourth-order valence-electron chi connectivity index (χ4n) is 1.69. The first-order valence-corrected chi connectivity index (χ1v) is 6.68. The van der Waals surface area contributed by atoms with Crippen molar-refractivity contribution in [1.82, 2.24) is 4.72 Å². The molecule has 0 radical (unpaired) electrons. The van der Waals surface area contributed by atoms with Crippen molar-refractivity contribution in [1.29, 1.82) is 5.26 Å². The lowest BCUT2D eigenvalue weighted by atomic mass is 9.92. The van der Waals surface area contributed by atoms with E-state index in [1.807, 2.05) is 0 Å². The van der Waals surface area contributed by atoms with Gasteiger partial charge in [-0.15, -0.1) is 0 Å². The molecule has 1 fully saturated rings. The second-order valence-corrected chi connectivity index (χ2v) is 6.02. The number of hydrogen-bond acceptors (Lipinski definition) is 4. The number of rotatable bonds is 3. The van der Waals surface area contributed by atoms with E-state index in [0.29, 0.717) is 0 Å². The van der Waals surface area contributed by atoms with Gasteiger partial charge in [0.05, 0.1) is 6.07 Å². The fraction of sp³-hybridized carbons (Fsp3) is 0.889. The number of nitriles is 1. The Labute approximate surface area is 90.7 Å². The Hall–Kier alpha value is -0.640. The smallest absolute Gasteiger partial charge is 0.227 e. The van der Waals surface area contributed by atoms with Crippen LogP contribution in [0.3, 0.4) is 0 Å². The molecule has 1 saturated carbocycles. The van der Waals surface area contributed by atoms with Crippen molar-refractivity contribution in [3.8, 4) is 6.07 Å².